The van der Waals surface area contributed by atoms with Gasteiger partial charge in [-0.3, -0.25) is 14.9 Å². The standard InChI is InChI=1S/C15H13N3O4/c19-15(17-16-10-12-5-2-1-3-6-12)11-22-14-8-4-7-13(9-14)18(20)21/h1-10H,11H2,(H,17,19). The zero-order chi connectivity index (χ0) is 15.8. The first-order valence-electron chi connectivity index (χ1n) is 6.39. The van der Waals surface area contributed by atoms with E-state index >= 15 is 0 Å². The second-order valence-electron chi connectivity index (χ2n) is 4.25. The number of nitro benzene ring substituents is 1. The zero-order valence-corrected chi connectivity index (χ0v) is 11.5. The molecule has 7 nitrogen and oxygen atoms in total. The van der Waals surface area contributed by atoms with E-state index in [0.717, 1.165) is 5.56 Å². The topological polar surface area (TPSA) is 93.8 Å². The van der Waals surface area contributed by atoms with E-state index in [0.29, 0.717) is 0 Å². The Morgan fingerprint density at radius 2 is 2.00 bits per heavy atom. The van der Waals surface area contributed by atoms with Crippen molar-refractivity contribution in [2.24, 2.45) is 5.10 Å². The average molecular weight is 299 g/mol. The maximum absolute atomic E-state index is 11.5. The number of carbonyl (C=O) groups is 1. The quantitative estimate of drug-likeness (QED) is 0.502. The number of carbonyl (C=O) groups excluding carboxylic acids is 1. The molecule has 0 unspecified atom stereocenters. The van der Waals surface area contributed by atoms with Crippen molar-refractivity contribution in [3.8, 4) is 5.75 Å². The monoisotopic (exact) mass is 299 g/mol. The molecule has 22 heavy (non-hydrogen) atoms. The van der Waals surface area contributed by atoms with Crippen molar-refractivity contribution in [1.82, 2.24) is 5.43 Å². The van der Waals surface area contributed by atoms with Crippen molar-refractivity contribution in [2.75, 3.05) is 6.61 Å². The maximum Gasteiger partial charge on any atom is 0.277 e. The second-order valence-corrected chi connectivity index (χ2v) is 4.25. The number of benzene rings is 2. The first-order chi connectivity index (χ1) is 10.6. The van der Waals surface area contributed by atoms with E-state index in [2.05, 4.69) is 10.5 Å². The van der Waals surface area contributed by atoms with Gasteiger partial charge in [-0.15, -0.1) is 0 Å². The minimum absolute atomic E-state index is 0.0972. The van der Waals surface area contributed by atoms with Crippen LogP contribution in [0.1, 0.15) is 5.56 Å². The second kappa shape index (κ2) is 7.53. The number of nitrogens with zero attached hydrogens (tertiary/aromatic N) is 2. The number of nitrogens with one attached hydrogen (secondary N) is 1. The van der Waals surface area contributed by atoms with E-state index in [1.165, 1.54) is 30.5 Å². The molecule has 0 radical (unpaired) electrons. The molecule has 1 N–H and O–H groups in total. The van der Waals surface area contributed by atoms with Gasteiger partial charge in [-0.05, 0) is 11.6 Å². The molecule has 0 saturated heterocycles. The molecule has 2 rings (SSSR count). The molecule has 2 aromatic rings. The summed E-state index contributed by atoms with van der Waals surface area (Å²) in [5.74, 6) is -0.213. The van der Waals surface area contributed by atoms with Gasteiger partial charge in [0.15, 0.2) is 6.61 Å². The molecule has 0 aliphatic rings. The number of ether oxygens (including phenoxy) is 1. The molecular formula is C15H13N3O4. The van der Waals surface area contributed by atoms with Crippen molar-refractivity contribution >= 4 is 17.8 Å². The maximum atomic E-state index is 11.5. The van der Waals surface area contributed by atoms with E-state index in [1.54, 1.807) is 0 Å². The highest BCUT2D eigenvalue weighted by atomic mass is 16.6. The number of amides is 1. The minimum atomic E-state index is -0.531. The number of hydrazone groups is 1. The van der Waals surface area contributed by atoms with Crippen LogP contribution in [0.15, 0.2) is 59.7 Å². The predicted molar refractivity (Wildman–Crippen MR) is 80.8 cm³/mol. The zero-order valence-electron chi connectivity index (χ0n) is 11.5. The molecule has 0 aliphatic carbocycles. The van der Waals surface area contributed by atoms with E-state index in [1.807, 2.05) is 30.3 Å². The smallest absolute Gasteiger partial charge is 0.277 e. The van der Waals surface area contributed by atoms with Crippen molar-refractivity contribution in [3.63, 3.8) is 0 Å². The molecule has 0 bridgehead atoms. The highest BCUT2D eigenvalue weighted by Gasteiger charge is 2.07. The average Bonchev–Trinajstić information content (AvgIpc) is 2.54. The largest absolute Gasteiger partial charge is 0.483 e. The van der Waals surface area contributed by atoms with Gasteiger partial charge in [0, 0.05) is 6.07 Å². The van der Waals surface area contributed by atoms with Crippen LogP contribution in [0.4, 0.5) is 5.69 Å². The van der Waals surface area contributed by atoms with Crippen molar-refractivity contribution in [2.45, 2.75) is 0 Å². The van der Waals surface area contributed by atoms with E-state index in [9.17, 15) is 14.9 Å². The van der Waals surface area contributed by atoms with Gasteiger partial charge >= 0.3 is 0 Å². The number of nitro groups is 1. The summed E-state index contributed by atoms with van der Waals surface area (Å²) in [6.07, 6.45) is 1.51. The number of hydrogen-bond acceptors (Lipinski definition) is 5. The Labute approximate surface area is 126 Å². The molecule has 1 amide bonds. The summed E-state index contributed by atoms with van der Waals surface area (Å²) >= 11 is 0. The third kappa shape index (κ3) is 4.71. The van der Waals surface area contributed by atoms with Gasteiger partial charge in [-0.25, -0.2) is 5.43 Å². The van der Waals surface area contributed by atoms with Gasteiger partial charge in [0.05, 0.1) is 17.2 Å². The third-order valence-electron chi connectivity index (χ3n) is 2.60. The Balaban J connectivity index is 1.82. The summed E-state index contributed by atoms with van der Waals surface area (Å²) < 4.78 is 5.17. The molecule has 0 spiro atoms. The molecule has 0 aromatic heterocycles. The molecule has 0 heterocycles. The molecular weight excluding hydrogens is 286 g/mol. The highest BCUT2D eigenvalue weighted by molar-refractivity contribution is 5.82. The molecule has 7 heteroatoms. The van der Waals surface area contributed by atoms with Gasteiger partial charge in [-0.2, -0.15) is 5.10 Å². The Hall–Kier alpha value is -3.22. The van der Waals surface area contributed by atoms with Crippen LogP contribution >= 0.6 is 0 Å². The Kier molecular flexibility index (Phi) is 5.20. The van der Waals surface area contributed by atoms with Gasteiger partial charge < -0.3 is 4.74 Å². The Morgan fingerprint density at radius 3 is 2.73 bits per heavy atom. The summed E-state index contributed by atoms with van der Waals surface area (Å²) in [6, 6.07) is 14.9. The summed E-state index contributed by atoms with van der Waals surface area (Å²) in [5.41, 5.74) is 3.06. The van der Waals surface area contributed by atoms with Crippen LogP contribution in [0, 0.1) is 10.1 Å². The van der Waals surface area contributed by atoms with E-state index < -0.39 is 10.8 Å². The number of rotatable bonds is 6. The van der Waals surface area contributed by atoms with E-state index in [4.69, 9.17) is 4.74 Å². The van der Waals surface area contributed by atoms with Crippen molar-refractivity contribution in [3.05, 3.63) is 70.3 Å². The van der Waals surface area contributed by atoms with Crippen LogP contribution < -0.4 is 10.2 Å². The molecule has 0 saturated carbocycles. The van der Waals surface area contributed by atoms with Crippen LogP contribution in [-0.2, 0) is 4.79 Å². The van der Waals surface area contributed by atoms with Crippen LogP contribution in [0.5, 0.6) is 5.75 Å². The third-order valence-corrected chi connectivity index (χ3v) is 2.60. The van der Waals surface area contributed by atoms with Gasteiger partial charge in [-0.1, -0.05) is 36.4 Å². The summed E-state index contributed by atoms with van der Waals surface area (Å²) in [7, 11) is 0. The Morgan fingerprint density at radius 1 is 1.23 bits per heavy atom. The fraction of sp³-hybridized carbons (Fsp3) is 0.0667. The summed E-state index contributed by atoms with van der Waals surface area (Å²) in [6.45, 7) is -0.284. The summed E-state index contributed by atoms with van der Waals surface area (Å²) in [4.78, 5) is 21.6. The molecule has 0 aliphatic heterocycles. The molecule has 0 atom stereocenters. The lowest BCUT2D eigenvalue weighted by Crippen LogP contribution is -2.24. The molecule has 0 fully saturated rings. The normalized spacial score (nSPS) is 10.4. The summed E-state index contributed by atoms with van der Waals surface area (Å²) in [5, 5.41) is 14.4. The predicted octanol–water partition coefficient (Wildman–Crippen LogP) is 2.12. The fourth-order valence-electron chi connectivity index (χ4n) is 1.59. The van der Waals surface area contributed by atoms with Gasteiger partial charge in [0.25, 0.3) is 11.6 Å². The van der Waals surface area contributed by atoms with E-state index in [-0.39, 0.29) is 18.0 Å². The number of hydrogen-bond donors (Lipinski definition) is 1. The molecule has 112 valence electrons. The van der Waals surface area contributed by atoms with Crippen LogP contribution in [-0.4, -0.2) is 23.7 Å². The lowest BCUT2D eigenvalue weighted by Gasteiger charge is -2.04. The van der Waals surface area contributed by atoms with Crippen molar-refractivity contribution < 1.29 is 14.5 Å². The minimum Gasteiger partial charge on any atom is -0.483 e. The SMILES string of the molecule is O=C(COc1cccc([N+](=O)[O-])c1)NN=Cc1ccccc1. The van der Waals surface area contributed by atoms with Crippen LogP contribution in [0.2, 0.25) is 0 Å². The Bertz CT molecular complexity index is 686. The first-order valence-corrected chi connectivity index (χ1v) is 6.39. The number of non-ortho nitro benzene ring substituents is 1. The van der Waals surface area contributed by atoms with Crippen molar-refractivity contribution in [1.29, 1.82) is 0 Å². The fourth-order valence-corrected chi connectivity index (χ4v) is 1.59. The molecule has 2 aromatic carbocycles. The van der Waals surface area contributed by atoms with Crippen LogP contribution in [0.25, 0.3) is 0 Å². The van der Waals surface area contributed by atoms with Crippen LogP contribution in [0.3, 0.4) is 0 Å². The highest BCUT2D eigenvalue weighted by Crippen LogP contribution is 2.18. The lowest BCUT2D eigenvalue weighted by molar-refractivity contribution is -0.384. The van der Waals surface area contributed by atoms with Gasteiger partial charge in [0.2, 0.25) is 0 Å². The first kappa shape index (κ1) is 15.2. The van der Waals surface area contributed by atoms with Gasteiger partial charge in [0.1, 0.15) is 5.75 Å². The lowest BCUT2D eigenvalue weighted by atomic mass is 10.2.